The van der Waals surface area contributed by atoms with Crippen LogP contribution in [0.4, 0.5) is 9.18 Å². The number of halogens is 1. The van der Waals surface area contributed by atoms with Crippen molar-refractivity contribution in [2.45, 2.75) is 62.8 Å². The first-order chi connectivity index (χ1) is 14.1. The van der Waals surface area contributed by atoms with Crippen LogP contribution in [0.15, 0.2) is 60.7 Å². The molecule has 1 unspecified atom stereocenters. The number of hydrogen-bond acceptors (Lipinski definition) is 3. The largest absolute Gasteiger partial charge is 0.586 e. The van der Waals surface area contributed by atoms with Gasteiger partial charge in [0, 0.05) is 44.3 Å². The number of carbonyl (C=O) groups excluding carboxylic acids is 1. The zero-order valence-electron chi connectivity index (χ0n) is 18.5. The number of fused-ring (bicyclic) bond motifs is 1. The molecule has 0 saturated heterocycles. The fraction of sp³-hybridized carbons (Fsp3) is 0.458. The third-order valence-corrected chi connectivity index (χ3v) is 6.12. The minimum Gasteiger partial charge on any atom is -0.586 e. The maximum absolute atomic E-state index is 13.5. The first kappa shape index (κ1) is 24.3. The Morgan fingerprint density at radius 2 is 1.90 bits per heavy atom. The van der Waals surface area contributed by atoms with Gasteiger partial charge in [-0.2, -0.15) is 0 Å². The van der Waals surface area contributed by atoms with Gasteiger partial charge in [-0.25, -0.2) is 9.18 Å². The number of rotatable bonds is 6. The summed E-state index contributed by atoms with van der Waals surface area (Å²) in [5.41, 5.74) is 7.11. The van der Waals surface area contributed by atoms with Crippen LogP contribution in [0.5, 0.6) is 0 Å². The molecule has 1 aliphatic heterocycles. The van der Waals surface area contributed by atoms with Gasteiger partial charge < -0.3 is 20.5 Å². The van der Waals surface area contributed by atoms with Crippen LogP contribution < -0.4 is 5.32 Å². The first-order valence-corrected chi connectivity index (χ1v) is 10.4. The third-order valence-electron chi connectivity index (χ3n) is 6.12. The Morgan fingerprint density at radius 1 is 1.26 bits per heavy atom. The van der Waals surface area contributed by atoms with E-state index >= 15 is 0 Å². The zero-order chi connectivity index (χ0) is 21.7. The van der Waals surface area contributed by atoms with E-state index in [4.69, 9.17) is 10.2 Å². The standard InChI is InChI=1S/C24H29FN3O2.Y/c1-6-16-12-13-28(20(19(16)7-2)17-8-10-18(25)11-9-17)27-24-14-23(24,15-24)26-21(29)30-22(3,4)5;/h6-11,20H,1-2,12-15H2,3-5H3,(H,26,29);/q-1;. The van der Waals surface area contributed by atoms with Gasteiger partial charge >= 0.3 is 6.09 Å². The van der Waals surface area contributed by atoms with Crippen molar-refractivity contribution in [3.8, 4) is 0 Å². The predicted octanol–water partition coefficient (Wildman–Crippen LogP) is 5.34. The van der Waals surface area contributed by atoms with Crippen molar-refractivity contribution in [2.24, 2.45) is 0 Å². The van der Waals surface area contributed by atoms with Crippen molar-refractivity contribution in [3.05, 3.63) is 77.5 Å². The number of amides is 1. The van der Waals surface area contributed by atoms with Crippen LogP contribution >= 0.6 is 0 Å². The van der Waals surface area contributed by atoms with Crippen molar-refractivity contribution in [1.82, 2.24) is 10.3 Å². The number of hydrogen-bond donors (Lipinski definition) is 1. The molecule has 0 spiro atoms. The Labute approximate surface area is 209 Å². The molecule has 0 bridgehead atoms. The minimum atomic E-state index is -0.532. The summed E-state index contributed by atoms with van der Waals surface area (Å²) in [7, 11) is 0. The Kier molecular flexibility index (Phi) is 6.70. The molecule has 2 aliphatic carbocycles. The maximum atomic E-state index is 13.5. The van der Waals surface area contributed by atoms with Crippen molar-refractivity contribution < 1.29 is 46.6 Å². The van der Waals surface area contributed by atoms with E-state index in [0.29, 0.717) is 0 Å². The normalized spacial score (nSPS) is 29.4. The van der Waals surface area contributed by atoms with E-state index in [1.807, 2.05) is 32.9 Å². The molecule has 1 N–H and O–H groups in total. The van der Waals surface area contributed by atoms with Crippen LogP contribution in [0.3, 0.4) is 0 Å². The first-order valence-electron chi connectivity index (χ1n) is 10.4. The quantitative estimate of drug-likeness (QED) is 0.575. The number of nitrogens with one attached hydrogen (secondary N) is 1. The molecule has 4 rings (SSSR count). The fourth-order valence-corrected chi connectivity index (χ4v) is 4.39. The van der Waals surface area contributed by atoms with Crippen LogP contribution in [0, 0.1) is 5.82 Å². The average Bonchev–Trinajstić information content (AvgIpc) is 3.45. The summed E-state index contributed by atoms with van der Waals surface area (Å²) in [6, 6.07) is 6.37. The van der Waals surface area contributed by atoms with E-state index in [0.717, 1.165) is 42.5 Å². The maximum Gasteiger partial charge on any atom is 0.408 e. The molecule has 5 nitrogen and oxygen atoms in total. The number of ether oxygens (including phenoxy) is 1. The second-order valence-electron chi connectivity index (χ2n) is 9.45. The number of alkyl carbamates (subject to hydrolysis) is 1. The summed E-state index contributed by atoms with van der Waals surface area (Å²) in [5.74, 6) is -0.269. The molecular weight excluding hydrogens is 470 g/mol. The molecule has 163 valence electrons. The summed E-state index contributed by atoms with van der Waals surface area (Å²) in [4.78, 5) is 12.2. The molecule has 2 saturated carbocycles. The van der Waals surface area contributed by atoms with Gasteiger partial charge in [0.05, 0.1) is 0 Å². The van der Waals surface area contributed by atoms with Crippen LogP contribution in [-0.2, 0) is 37.4 Å². The summed E-state index contributed by atoms with van der Waals surface area (Å²) in [5, 5.41) is 5.09. The summed E-state index contributed by atoms with van der Waals surface area (Å²) >= 11 is 0. The van der Waals surface area contributed by atoms with E-state index < -0.39 is 11.7 Å². The Bertz CT molecular complexity index is 914. The Balaban J connectivity index is 0.00000272. The molecule has 31 heavy (non-hydrogen) atoms. The topological polar surface area (TPSA) is 55.7 Å². The van der Waals surface area contributed by atoms with Gasteiger partial charge in [-0.1, -0.05) is 43.0 Å². The monoisotopic (exact) mass is 499 g/mol. The molecule has 1 radical (unpaired) electrons. The number of allylic oxidation sites excluding steroid dienone is 1. The molecule has 1 heterocycles. The molecular formula is C24H29FN3O2Y-. The molecule has 1 amide bonds. The van der Waals surface area contributed by atoms with Crippen molar-refractivity contribution in [1.29, 1.82) is 0 Å². The molecule has 3 aliphatic rings. The van der Waals surface area contributed by atoms with Gasteiger partial charge in [0.25, 0.3) is 0 Å². The smallest absolute Gasteiger partial charge is 0.408 e. The summed E-state index contributed by atoms with van der Waals surface area (Å²) in [6.45, 7) is 14.2. The van der Waals surface area contributed by atoms with Crippen molar-refractivity contribution in [2.75, 3.05) is 6.54 Å². The molecule has 2 fully saturated rings. The number of carbonyl (C=O) groups is 1. The second kappa shape index (κ2) is 8.55. The van der Waals surface area contributed by atoms with Gasteiger partial charge in [0.1, 0.15) is 11.4 Å². The van der Waals surface area contributed by atoms with Crippen LogP contribution in [-0.4, -0.2) is 34.3 Å². The van der Waals surface area contributed by atoms with Crippen LogP contribution in [0.2, 0.25) is 0 Å². The third kappa shape index (κ3) is 4.73. The fourth-order valence-electron chi connectivity index (χ4n) is 4.39. The van der Waals surface area contributed by atoms with Crippen LogP contribution in [0.25, 0.3) is 5.43 Å². The van der Waals surface area contributed by atoms with Crippen LogP contribution in [0.1, 0.15) is 51.6 Å². The summed E-state index contributed by atoms with van der Waals surface area (Å²) in [6.07, 6.45) is 5.75. The molecule has 1 aromatic rings. The van der Waals surface area contributed by atoms with E-state index in [1.54, 1.807) is 12.1 Å². The number of nitrogens with zero attached hydrogens (tertiary/aromatic N) is 2. The van der Waals surface area contributed by atoms with Gasteiger partial charge in [0.15, 0.2) is 0 Å². The average molecular weight is 499 g/mol. The SMILES string of the molecule is C=CC1=C(C=C)C(c2ccc(F)cc2)N([N-]C23CC2(NC(=O)OC(C)(C)C)C3)CC1.[Y]. The molecule has 1 aromatic carbocycles. The minimum absolute atomic E-state index is 0. The molecule has 0 aromatic heterocycles. The van der Waals surface area contributed by atoms with E-state index in [2.05, 4.69) is 23.5 Å². The Hall–Kier alpha value is -1.34. The van der Waals surface area contributed by atoms with Gasteiger partial charge in [-0.3, -0.25) is 0 Å². The van der Waals surface area contributed by atoms with E-state index in [1.165, 1.54) is 12.1 Å². The van der Waals surface area contributed by atoms with Gasteiger partial charge in [-0.05, 0) is 75.4 Å². The summed E-state index contributed by atoms with van der Waals surface area (Å²) < 4.78 is 18.9. The van der Waals surface area contributed by atoms with Gasteiger partial charge in [-0.15, -0.1) is 0 Å². The van der Waals surface area contributed by atoms with Gasteiger partial charge in [0.2, 0.25) is 0 Å². The van der Waals surface area contributed by atoms with Crippen molar-refractivity contribution >= 4 is 6.09 Å². The predicted molar refractivity (Wildman–Crippen MR) is 115 cm³/mol. The van der Waals surface area contributed by atoms with E-state index in [9.17, 15) is 9.18 Å². The molecule has 7 heteroatoms. The number of benzene rings is 1. The molecule has 1 atom stereocenters. The second-order valence-corrected chi connectivity index (χ2v) is 9.45. The van der Waals surface area contributed by atoms with E-state index in [-0.39, 0.29) is 55.6 Å². The van der Waals surface area contributed by atoms with Crippen molar-refractivity contribution in [3.63, 3.8) is 0 Å². The Morgan fingerprint density at radius 3 is 2.45 bits per heavy atom. The zero-order valence-corrected chi connectivity index (χ0v) is 21.3.